The summed E-state index contributed by atoms with van der Waals surface area (Å²) in [5, 5.41) is 7.26. The van der Waals surface area contributed by atoms with Gasteiger partial charge in [-0.3, -0.25) is 19.2 Å². The fourth-order valence-electron chi connectivity index (χ4n) is 3.29. The molecule has 1 N–H and O–H groups in total. The fourth-order valence-corrected chi connectivity index (χ4v) is 3.29. The van der Waals surface area contributed by atoms with E-state index in [4.69, 9.17) is 0 Å². The Bertz CT molecular complexity index is 766. The van der Waals surface area contributed by atoms with Gasteiger partial charge in [-0.15, -0.1) is 0 Å². The van der Waals surface area contributed by atoms with Gasteiger partial charge in [-0.2, -0.15) is 5.10 Å². The molecule has 0 unspecified atom stereocenters. The van der Waals surface area contributed by atoms with E-state index in [1.54, 1.807) is 10.9 Å². The largest absolute Gasteiger partial charge is 0.355 e. The van der Waals surface area contributed by atoms with E-state index in [1.165, 1.54) is 0 Å². The highest BCUT2D eigenvalue weighted by molar-refractivity contribution is 5.93. The summed E-state index contributed by atoms with van der Waals surface area (Å²) >= 11 is 0. The molecule has 1 saturated heterocycles. The van der Waals surface area contributed by atoms with E-state index < -0.39 is 0 Å². The van der Waals surface area contributed by atoms with Gasteiger partial charge >= 0.3 is 0 Å². The summed E-state index contributed by atoms with van der Waals surface area (Å²) in [5.74, 6) is 0.0711. The minimum absolute atomic E-state index is 0.00589. The van der Waals surface area contributed by atoms with Crippen LogP contribution in [0.5, 0.6) is 0 Å². The second-order valence-corrected chi connectivity index (χ2v) is 7.18. The van der Waals surface area contributed by atoms with Crippen LogP contribution in [0.25, 0.3) is 0 Å². The zero-order valence-electron chi connectivity index (χ0n) is 16.5. The normalized spacial score (nSPS) is 14.8. The van der Waals surface area contributed by atoms with Gasteiger partial charge in [0.15, 0.2) is 0 Å². The molecule has 0 saturated carbocycles. The molecule has 2 aromatic rings. The average molecular weight is 383 g/mol. The summed E-state index contributed by atoms with van der Waals surface area (Å²) in [7, 11) is 0. The molecule has 7 nitrogen and oxygen atoms in total. The third-order valence-corrected chi connectivity index (χ3v) is 4.95. The van der Waals surface area contributed by atoms with Crippen LogP contribution in [-0.2, 0) is 11.3 Å². The van der Waals surface area contributed by atoms with E-state index in [0.717, 1.165) is 24.9 Å². The van der Waals surface area contributed by atoms with Crippen molar-refractivity contribution >= 4 is 11.8 Å². The molecule has 3 rings (SSSR count). The molecular weight excluding hydrogens is 354 g/mol. The quantitative estimate of drug-likeness (QED) is 0.703. The SMILES string of the molecule is CCCCNC(=O)CN1CCN(C(=O)c2cnn(Cc3ccccc3)c2)CC1. The van der Waals surface area contributed by atoms with Crippen LogP contribution in [0, 0.1) is 0 Å². The highest BCUT2D eigenvalue weighted by atomic mass is 16.2. The predicted molar refractivity (Wildman–Crippen MR) is 108 cm³/mol. The van der Waals surface area contributed by atoms with Crippen molar-refractivity contribution in [3.8, 4) is 0 Å². The number of nitrogens with zero attached hydrogens (tertiary/aromatic N) is 4. The van der Waals surface area contributed by atoms with Gasteiger partial charge in [0.05, 0.1) is 24.8 Å². The third kappa shape index (κ3) is 5.66. The summed E-state index contributed by atoms with van der Waals surface area (Å²) in [6, 6.07) is 10.1. The zero-order chi connectivity index (χ0) is 19.8. The molecule has 1 aromatic carbocycles. The van der Waals surface area contributed by atoms with Gasteiger partial charge in [0.25, 0.3) is 5.91 Å². The average Bonchev–Trinajstić information content (AvgIpc) is 3.17. The number of hydrogen-bond acceptors (Lipinski definition) is 4. The maximum atomic E-state index is 12.7. The number of rotatable bonds is 8. The minimum Gasteiger partial charge on any atom is -0.355 e. The molecule has 1 aliphatic rings. The first kappa shape index (κ1) is 20.1. The molecule has 0 bridgehead atoms. The fraction of sp³-hybridized carbons (Fsp3) is 0.476. The van der Waals surface area contributed by atoms with Gasteiger partial charge < -0.3 is 10.2 Å². The van der Waals surface area contributed by atoms with E-state index in [1.807, 2.05) is 41.4 Å². The summed E-state index contributed by atoms with van der Waals surface area (Å²) in [6.07, 6.45) is 5.52. The van der Waals surface area contributed by atoms with E-state index in [-0.39, 0.29) is 11.8 Å². The van der Waals surface area contributed by atoms with Gasteiger partial charge in [0, 0.05) is 38.9 Å². The molecule has 7 heteroatoms. The maximum absolute atomic E-state index is 12.7. The van der Waals surface area contributed by atoms with Crippen molar-refractivity contribution in [2.75, 3.05) is 39.3 Å². The summed E-state index contributed by atoms with van der Waals surface area (Å²) < 4.78 is 1.79. The number of piperazine rings is 1. The molecule has 2 amide bonds. The van der Waals surface area contributed by atoms with Crippen LogP contribution in [0.2, 0.25) is 0 Å². The lowest BCUT2D eigenvalue weighted by Crippen LogP contribution is -2.51. The first-order valence-electron chi connectivity index (χ1n) is 10.0. The number of hydrogen-bond donors (Lipinski definition) is 1. The van der Waals surface area contributed by atoms with Crippen molar-refractivity contribution in [1.29, 1.82) is 0 Å². The van der Waals surface area contributed by atoms with Crippen molar-refractivity contribution in [1.82, 2.24) is 24.9 Å². The molecule has 0 radical (unpaired) electrons. The monoisotopic (exact) mass is 383 g/mol. The van der Waals surface area contributed by atoms with Crippen molar-refractivity contribution in [3.05, 3.63) is 53.9 Å². The first-order valence-corrected chi connectivity index (χ1v) is 10.0. The minimum atomic E-state index is 0.00589. The molecule has 0 atom stereocenters. The van der Waals surface area contributed by atoms with Crippen LogP contribution in [0.15, 0.2) is 42.7 Å². The van der Waals surface area contributed by atoms with E-state index in [9.17, 15) is 9.59 Å². The van der Waals surface area contributed by atoms with E-state index in [0.29, 0.717) is 44.8 Å². The molecule has 28 heavy (non-hydrogen) atoms. The standard InChI is InChI=1S/C21H29N5O2/c1-2-3-9-22-20(27)17-24-10-12-25(13-11-24)21(28)19-14-23-26(16-19)15-18-7-5-4-6-8-18/h4-8,14,16H,2-3,9-13,15,17H2,1H3,(H,22,27). The van der Waals surface area contributed by atoms with Crippen LogP contribution >= 0.6 is 0 Å². The number of benzene rings is 1. The molecule has 1 aromatic heterocycles. The van der Waals surface area contributed by atoms with Crippen molar-refractivity contribution in [2.24, 2.45) is 0 Å². The van der Waals surface area contributed by atoms with Gasteiger partial charge in [0.1, 0.15) is 0 Å². The van der Waals surface area contributed by atoms with E-state index >= 15 is 0 Å². The van der Waals surface area contributed by atoms with Crippen molar-refractivity contribution in [2.45, 2.75) is 26.3 Å². The topological polar surface area (TPSA) is 70.5 Å². The number of carbonyl (C=O) groups excluding carboxylic acids is 2. The summed E-state index contributed by atoms with van der Waals surface area (Å²) in [6.45, 7) is 6.58. The maximum Gasteiger partial charge on any atom is 0.257 e. The van der Waals surface area contributed by atoms with Crippen molar-refractivity contribution < 1.29 is 9.59 Å². The lowest BCUT2D eigenvalue weighted by molar-refractivity contribution is -0.122. The van der Waals surface area contributed by atoms with Crippen LogP contribution in [0.4, 0.5) is 0 Å². The number of unbranched alkanes of at least 4 members (excludes halogenated alkanes) is 1. The molecule has 1 aliphatic heterocycles. The van der Waals surface area contributed by atoms with E-state index in [2.05, 4.69) is 22.2 Å². The summed E-state index contributed by atoms with van der Waals surface area (Å²) in [4.78, 5) is 28.6. The second kappa shape index (κ2) is 10.0. The van der Waals surface area contributed by atoms with Gasteiger partial charge in [-0.25, -0.2) is 0 Å². The number of nitrogens with one attached hydrogen (secondary N) is 1. The number of carbonyl (C=O) groups is 2. The zero-order valence-corrected chi connectivity index (χ0v) is 16.5. The highest BCUT2D eigenvalue weighted by Crippen LogP contribution is 2.10. The lowest BCUT2D eigenvalue weighted by atomic mass is 10.2. The van der Waals surface area contributed by atoms with Crippen LogP contribution in [-0.4, -0.2) is 70.7 Å². The smallest absolute Gasteiger partial charge is 0.257 e. The predicted octanol–water partition coefficient (Wildman–Crippen LogP) is 1.61. The molecule has 2 heterocycles. The Morgan fingerprint density at radius 3 is 2.57 bits per heavy atom. The van der Waals surface area contributed by atoms with Crippen molar-refractivity contribution in [3.63, 3.8) is 0 Å². The first-order chi connectivity index (χ1) is 13.7. The van der Waals surface area contributed by atoms with Gasteiger partial charge in [-0.05, 0) is 12.0 Å². The molecule has 1 fully saturated rings. The third-order valence-electron chi connectivity index (χ3n) is 4.95. The summed E-state index contributed by atoms with van der Waals surface area (Å²) in [5.41, 5.74) is 1.76. The molecule has 0 aliphatic carbocycles. The lowest BCUT2D eigenvalue weighted by Gasteiger charge is -2.34. The number of aromatic nitrogens is 2. The van der Waals surface area contributed by atoms with Crippen LogP contribution in [0.1, 0.15) is 35.7 Å². The van der Waals surface area contributed by atoms with Gasteiger partial charge in [0.2, 0.25) is 5.91 Å². The van der Waals surface area contributed by atoms with Crippen LogP contribution < -0.4 is 5.32 Å². The van der Waals surface area contributed by atoms with Gasteiger partial charge in [-0.1, -0.05) is 43.7 Å². The Hall–Kier alpha value is -2.67. The second-order valence-electron chi connectivity index (χ2n) is 7.18. The van der Waals surface area contributed by atoms with Crippen LogP contribution in [0.3, 0.4) is 0 Å². The molecule has 0 spiro atoms. The Kier molecular flexibility index (Phi) is 7.19. The Balaban J connectivity index is 1.45. The Morgan fingerprint density at radius 2 is 1.86 bits per heavy atom. The Labute approximate surface area is 166 Å². The number of amides is 2. The Morgan fingerprint density at radius 1 is 1.11 bits per heavy atom. The molecular formula is C21H29N5O2. The molecule has 150 valence electrons. The highest BCUT2D eigenvalue weighted by Gasteiger charge is 2.24.